The van der Waals surface area contributed by atoms with E-state index >= 15 is 0 Å². The van der Waals surface area contributed by atoms with Crippen LogP contribution in [0.15, 0.2) is 22.9 Å². The summed E-state index contributed by atoms with van der Waals surface area (Å²) >= 11 is 0. The number of aryl methyl sites for hydroxylation is 1. The number of H-pyrrole nitrogens is 1. The van der Waals surface area contributed by atoms with E-state index in [2.05, 4.69) is 20.1 Å². The second-order valence-electron chi connectivity index (χ2n) is 3.78. The molecule has 3 aromatic rings. The van der Waals surface area contributed by atoms with Gasteiger partial charge in [0.25, 0.3) is 0 Å². The molecule has 0 fully saturated rings. The Kier molecular flexibility index (Phi) is 2.12. The van der Waals surface area contributed by atoms with Crippen LogP contribution in [-0.2, 0) is 0 Å². The topological polar surface area (TPSA) is 105 Å². The van der Waals surface area contributed by atoms with E-state index in [9.17, 15) is 4.79 Å². The lowest BCUT2D eigenvalue weighted by Gasteiger charge is -1.93. The van der Waals surface area contributed by atoms with E-state index in [-0.39, 0.29) is 5.56 Å². The summed E-state index contributed by atoms with van der Waals surface area (Å²) in [4.78, 5) is 22.1. The van der Waals surface area contributed by atoms with Crippen molar-refractivity contribution in [2.45, 2.75) is 6.92 Å². The van der Waals surface area contributed by atoms with Crippen LogP contribution in [0.5, 0.6) is 0 Å². The lowest BCUT2D eigenvalue weighted by Crippen LogP contribution is -1.97. The highest BCUT2D eigenvalue weighted by molar-refractivity contribution is 6.00. The first-order valence-electron chi connectivity index (χ1n) is 5.17. The number of carboxylic acids is 1. The van der Waals surface area contributed by atoms with E-state index in [4.69, 9.17) is 9.63 Å². The fourth-order valence-corrected chi connectivity index (χ4v) is 1.68. The Morgan fingerprint density at radius 2 is 2.33 bits per heavy atom. The lowest BCUT2D eigenvalue weighted by molar-refractivity contribution is 0.0698. The molecular formula is C11H8N4O3. The number of rotatable bonds is 2. The predicted octanol–water partition coefficient (Wildman–Crippen LogP) is 1.62. The van der Waals surface area contributed by atoms with E-state index in [0.29, 0.717) is 22.7 Å². The summed E-state index contributed by atoms with van der Waals surface area (Å²) in [5.41, 5.74) is 1.54. The number of nitrogens with one attached hydrogen (secondary N) is 1. The highest BCUT2D eigenvalue weighted by Crippen LogP contribution is 2.21. The Bertz CT molecular complexity index is 744. The van der Waals surface area contributed by atoms with Crippen molar-refractivity contribution in [1.82, 2.24) is 20.1 Å². The molecule has 7 heteroatoms. The Morgan fingerprint density at radius 1 is 1.50 bits per heavy atom. The number of aromatic amines is 1. The highest BCUT2D eigenvalue weighted by atomic mass is 16.5. The largest absolute Gasteiger partial charge is 0.478 e. The average Bonchev–Trinajstić information content (AvgIpc) is 2.93. The fraction of sp³-hybridized carbons (Fsp3) is 0.0909. The molecule has 0 bridgehead atoms. The zero-order valence-electron chi connectivity index (χ0n) is 9.34. The van der Waals surface area contributed by atoms with Gasteiger partial charge in [-0.15, -0.1) is 0 Å². The summed E-state index contributed by atoms with van der Waals surface area (Å²) in [5.74, 6) is -0.181. The van der Waals surface area contributed by atoms with Crippen molar-refractivity contribution in [3.8, 4) is 11.6 Å². The van der Waals surface area contributed by atoms with Crippen molar-refractivity contribution in [3.63, 3.8) is 0 Å². The minimum Gasteiger partial charge on any atom is -0.478 e. The Balaban J connectivity index is 2.22. The molecule has 0 aliphatic carbocycles. The molecule has 0 unspecified atom stereocenters. The summed E-state index contributed by atoms with van der Waals surface area (Å²) in [5, 5.41) is 12.8. The number of hydrogen-bond acceptors (Lipinski definition) is 5. The van der Waals surface area contributed by atoms with Gasteiger partial charge in [0.1, 0.15) is 0 Å². The van der Waals surface area contributed by atoms with Crippen LogP contribution in [0.2, 0.25) is 0 Å². The van der Waals surface area contributed by atoms with E-state index in [1.165, 1.54) is 12.3 Å². The number of fused-ring (bicyclic) bond motifs is 1. The first-order chi connectivity index (χ1) is 8.65. The monoisotopic (exact) mass is 244 g/mol. The molecule has 7 nitrogen and oxygen atoms in total. The maximum Gasteiger partial charge on any atom is 0.338 e. The molecule has 90 valence electrons. The summed E-state index contributed by atoms with van der Waals surface area (Å²) in [6.07, 6.45) is 1.40. The molecule has 18 heavy (non-hydrogen) atoms. The zero-order chi connectivity index (χ0) is 12.7. The normalized spacial score (nSPS) is 10.9. The summed E-state index contributed by atoms with van der Waals surface area (Å²) < 4.78 is 5.06. The molecule has 0 aliphatic heterocycles. The molecule has 2 N–H and O–H groups in total. The number of carboxylic acid groups (broad SMARTS) is 1. The van der Waals surface area contributed by atoms with Gasteiger partial charge in [-0.1, -0.05) is 5.16 Å². The van der Waals surface area contributed by atoms with Crippen LogP contribution in [0.3, 0.4) is 0 Å². The lowest BCUT2D eigenvalue weighted by atomic mass is 10.2. The average molecular weight is 244 g/mol. The second-order valence-corrected chi connectivity index (χ2v) is 3.78. The predicted molar refractivity (Wildman–Crippen MR) is 61.1 cm³/mol. The van der Waals surface area contributed by atoms with Crippen molar-refractivity contribution in [1.29, 1.82) is 0 Å². The molecule has 0 radical (unpaired) electrons. The van der Waals surface area contributed by atoms with Crippen LogP contribution >= 0.6 is 0 Å². The van der Waals surface area contributed by atoms with Gasteiger partial charge in [-0.3, -0.25) is 0 Å². The number of carbonyl (C=O) groups is 1. The number of pyridine rings is 1. The van der Waals surface area contributed by atoms with Crippen molar-refractivity contribution in [2.24, 2.45) is 0 Å². The number of aromatic carboxylic acids is 1. The van der Waals surface area contributed by atoms with Gasteiger partial charge < -0.3 is 14.6 Å². The minimum absolute atomic E-state index is 0.120. The number of aromatic nitrogens is 4. The summed E-state index contributed by atoms with van der Waals surface area (Å²) in [6.45, 7) is 1.79. The number of imidazole rings is 1. The molecule has 0 saturated heterocycles. The van der Waals surface area contributed by atoms with Crippen LogP contribution in [0.4, 0.5) is 0 Å². The maximum absolute atomic E-state index is 11.1. The Labute approximate surface area is 100 Å². The number of hydrogen-bond donors (Lipinski definition) is 2. The molecule has 0 aromatic carbocycles. The third-order valence-corrected chi connectivity index (χ3v) is 2.48. The van der Waals surface area contributed by atoms with E-state index in [1.54, 1.807) is 13.0 Å². The SMILES string of the molecule is Cc1cc(-c2nc3nccc(C(=O)O)c3[nH]2)on1. The van der Waals surface area contributed by atoms with Gasteiger partial charge in [0, 0.05) is 12.3 Å². The van der Waals surface area contributed by atoms with Gasteiger partial charge in [0.15, 0.2) is 11.5 Å². The van der Waals surface area contributed by atoms with Crippen LogP contribution in [0.25, 0.3) is 22.7 Å². The molecule has 3 aromatic heterocycles. The van der Waals surface area contributed by atoms with Gasteiger partial charge >= 0.3 is 5.97 Å². The van der Waals surface area contributed by atoms with Crippen LogP contribution < -0.4 is 0 Å². The van der Waals surface area contributed by atoms with E-state index in [1.807, 2.05) is 0 Å². The Morgan fingerprint density at radius 3 is 3.00 bits per heavy atom. The third kappa shape index (κ3) is 1.53. The van der Waals surface area contributed by atoms with E-state index in [0.717, 1.165) is 5.69 Å². The van der Waals surface area contributed by atoms with E-state index < -0.39 is 5.97 Å². The van der Waals surface area contributed by atoms with Gasteiger partial charge in [-0.25, -0.2) is 14.8 Å². The molecule has 0 amide bonds. The van der Waals surface area contributed by atoms with Gasteiger partial charge in [-0.2, -0.15) is 0 Å². The van der Waals surface area contributed by atoms with Crippen molar-refractivity contribution in [3.05, 3.63) is 29.6 Å². The molecule has 0 atom stereocenters. The van der Waals surface area contributed by atoms with Gasteiger partial charge in [0.05, 0.1) is 16.8 Å². The standard InChI is InChI=1S/C11H8N4O3/c1-5-4-7(18-15-5)9-13-8-6(11(16)17)2-3-12-10(8)14-9/h2-4H,1H3,(H,16,17)(H,12,13,14). The molecular weight excluding hydrogens is 236 g/mol. The first-order valence-corrected chi connectivity index (χ1v) is 5.17. The Hall–Kier alpha value is -2.70. The minimum atomic E-state index is -1.04. The highest BCUT2D eigenvalue weighted by Gasteiger charge is 2.15. The molecule has 0 aliphatic rings. The second kappa shape index (κ2) is 3.66. The smallest absolute Gasteiger partial charge is 0.338 e. The zero-order valence-corrected chi connectivity index (χ0v) is 9.34. The van der Waals surface area contributed by atoms with Crippen molar-refractivity contribution >= 4 is 17.1 Å². The van der Waals surface area contributed by atoms with Crippen LogP contribution in [-0.4, -0.2) is 31.2 Å². The number of nitrogens with zero attached hydrogens (tertiary/aromatic N) is 3. The maximum atomic E-state index is 11.1. The van der Waals surface area contributed by atoms with Crippen molar-refractivity contribution in [2.75, 3.05) is 0 Å². The fourth-order valence-electron chi connectivity index (χ4n) is 1.68. The third-order valence-electron chi connectivity index (χ3n) is 2.48. The van der Waals surface area contributed by atoms with Crippen molar-refractivity contribution < 1.29 is 14.4 Å². The first kappa shape index (κ1) is 10.5. The van der Waals surface area contributed by atoms with Crippen LogP contribution in [0.1, 0.15) is 16.1 Å². The summed E-state index contributed by atoms with van der Waals surface area (Å²) in [6, 6.07) is 3.12. The molecule has 0 saturated carbocycles. The molecule has 0 spiro atoms. The molecule has 3 rings (SSSR count). The van der Waals surface area contributed by atoms with Gasteiger partial charge in [0.2, 0.25) is 5.76 Å². The van der Waals surface area contributed by atoms with Crippen LogP contribution in [0, 0.1) is 6.92 Å². The quantitative estimate of drug-likeness (QED) is 0.709. The summed E-state index contributed by atoms with van der Waals surface area (Å²) in [7, 11) is 0. The van der Waals surface area contributed by atoms with Gasteiger partial charge in [-0.05, 0) is 13.0 Å². The molecule has 3 heterocycles.